The smallest absolute Gasteiger partial charge is 0.113 e. The van der Waals surface area contributed by atoms with Crippen LogP contribution in [0.25, 0.3) is 11.3 Å². The number of hydrogen-bond acceptors (Lipinski definition) is 3. The number of thiazole rings is 1. The van der Waals surface area contributed by atoms with Gasteiger partial charge in [-0.3, -0.25) is 0 Å². The molecule has 1 aliphatic carbocycles. The van der Waals surface area contributed by atoms with E-state index in [0.29, 0.717) is 0 Å². The Hall–Kier alpha value is -1.19. The van der Waals surface area contributed by atoms with Crippen LogP contribution in [0.1, 0.15) is 29.8 Å². The lowest BCUT2D eigenvalue weighted by Crippen LogP contribution is -2.43. The van der Waals surface area contributed by atoms with Crippen molar-refractivity contribution < 1.29 is 0 Å². The third-order valence-electron chi connectivity index (χ3n) is 3.49. The molecule has 3 heteroatoms. The summed E-state index contributed by atoms with van der Waals surface area (Å²) in [4.78, 5) is 4.71. The maximum atomic E-state index is 6.29. The fourth-order valence-electron chi connectivity index (χ4n) is 2.21. The summed E-state index contributed by atoms with van der Waals surface area (Å²) in [7, 11) is 0. The first kappa shape index (κ1) is 10.9. The SMILES string of the molecule is Cc1cccc(-c2csc(C3(N)CCC3)n2)c1. The van der Waals surface area contributed by atoms with Crippen LogP contribution in [0.3, 0.4) is 0 Å². The van der Waals surface area contributed by atoms with E-state index in [4.69, 9.17) is 10.7 Å². The normalized spacial score (nSPS) is 17.8. The minimum atomic E-state index is -0.132. The molecule has 0 amide bonds. The third kappa shape index (κ3) is 1.90. The molecule has 1 heterocycles. The zero-order valence-corrected chi connectivity index (χ0v) is 10.8. The molecular formula is C14H16N2S. The van der Waals surface area contributed by atoms with Crippen LogP contribution in [0.5, 0.6) is 0 Å². The zero-order chi connectivity index (χ0) is 11.9. The predicted octanol–water partition coefficient (Wildman–Crippen LogP) is 3.46. The van der Waals surface area contributed by atoms with Gasteiger partial charge in [0.25, 0.3) is 0 Å². The number of benzene rings is 1. The van der Waals surface area contributed by atoms with E-state index in [2.05, 4.69) is 36.6 Å². The third-order valence-corrected chi connectivity index (χ3v) is 4.55. The van der Waals surface area contributed by atoms with Gasteiger partial charge in [-0.25, -0.2) is 4.98 Å². The molecule has 1 saturated carbocycles. The zero-order valence-electron chi connectivity index (χ0n) is 9.94. The van der Waals surface area contributed by atoms with Gasteiger partial charge < -0.3 is 5.73 Å². The lowest BCUT2D eigenvalue weighted by molar-refractivity contribution is 0.253. The van der Waals surface area contributed by atoms with Gasteiger partial charge in [-0.15, -0.1) is 11.3 Å². The second-order valence-electron chi connectivity index (χ2n) is 4.92. The van der Waals surface area contributed by atoms with Crippen molar-refractivity contribution in [2.75, 3.05) is 0 Å². The van der Waals surface area contributed by atoms with E-state index in [9.17, 15) is 0 Å². The Kier molecular flexibility index (Phi) is 2.53. The first-order chi connectivity index (χ1) is 8.17. The molecule has 0 unspecified atom stereocenters. The summed E-state index contributed by atoms with van der Waals surface area (Å²) in [6, 6.07) is 8.46. The lowest BCUT2D eigenvalue weighted by Gasteiger charge is -2.35. The van der Waals surface area contributed by atoms with Crippen LogP contribution in [0.2, 0.25) is 0 Å². The summed E-state index contributed by atoms with van der Waals surface area (Å²) in [5.74, 6) is 0. The predicted molar refractivity (Wildman–Crippen MR) is 72.0 cm³/mol. The van der Waals surface area contributed by atoms with Gasteiger partial charge in [0.2, 0.25) is 0 Å². The molecule has 1 aromatic carbocycles. The van der Waals surface area contributed by atoms with Gasteiger partial charge in [-0.1, -0.05) is 23.8 Å². The molecule has 0 spiro atoms. The Labute approximate surface area is 106 Å². The Morgan fingerprint density at radius 3 is 2.82 bits per heavy atom. The van der Waals surface area contributed by atoms with Gasteiger partial charge in [0, 0.05) is 10.9 Å². The summed E-state index contributed by atoms with van der Waals surface area (Å²) in [5.41, 5.74) is 9.68. The highest BCUT2D eigenvalue weighted by Gasteiger charge is 2.37. The van der Waals surface area contributed by atoms with Crippen LogP contribution in [-0.4, -0.2) is 4.98 Å². The van der Waals surface area contributed by atoms with Crippen LogP contribution in [0.4, 0.5) is 0 Å². The maximum Gasteiger partial charge on any atom is 0.113 e. The number of aryl methyl sites for hydroxylation is 1. The molecule has 17 heavy (non-hydrogen) atoms. The fourth-order valence-corrected chi connectivity index (χ4v) is 3.21. The van der Waals surface area contributed by atoms with Crippen LogP contribution in [0.15, 0.2) is 29.6 Å². The lowest BCUT2D eigenvalue weighted by atomic mass is 9.78. The molecule has 3 rings (SSSR count). The van der Waals surface area contributed by atoms with Gasteiger partial charge in [-0.2, -0.15) is 0 Å². The van der Waals surface area contributed by atoms with Gasteiger partial charge in [0.05, 0.1) is 11.2 Å². The standard InChI is InChI=1S/C14H16N2S/c1-10-4-2-5-11(8-10)12-9-17-13(16-12)14(15)6-3-7-14/h2,4-5,8-9H,3,6-7,15H2,1H3. The topological polar surface area (TPSA) is 38.9 Å². The molecule has 2 nitrogen and oxygen atoms in total. The molecule has 0 radical (unpaired) electrons. The molecule has 0 aliphatic heterocycles. The molecule has 1 fully saturated rings. The minimum Gasteiger partial charge on any atom is -0.319 e. The Morgan fingerprint density at radius 1 is 1.35 bits per heavy atom. The van der Waals surface area contributed by atoms with Gasteiger partial charge in [0.1, 0.15) is 5.01 Å². The van der Waals surface area contributed by atoms with E-state index < -0.39 is 0 Å². The molecule has 88 valence electrons. The highest BCUT2D eigenvalue weighted by Crippen LogP contribution is 2.41. The van der Waals surface area contributed by atoms with Crippen molar-refractivity contribution in [3.05, 3.63) is 40.2 Å². The second kappa shape index (κ2) is 3.93. The van der Waals surface area contributed by atoms with Crippen molar-refractivity contribution in [2.45, 2.75) is 31.7 Å². The van der Waals surface area contributed by atoms with Gasteiger partial charge in [0.15, 0.2) is 0 Å². The summed E-state index contributed by atoms with van der Waals surface area (Å²) >= 11 is 1.70. The van der Waals surface area contributed by atoms with Crippen molar-refractivity contribution in [2.24, 2.45) is 5.73 Å². The second-order valence-corrected chi connectivity index (χ2v) is 5.78. The van der Waals surface area contributed by atoms with Crippen molar-refractivity contribution in [3.8, 4) is 11.3 Å². The van der Waals surface area contributed by atoms with Crippen molar-refractivity contribution in [1.29, 1.82) is 0 Å². The average Bonchev–Trinajstić information content (AvgIpc) is 2.75. The summed E-state index contributed by atoms with van der Waals surface area (Å²) < 4.78 is 0. The minimum absolute atomic E-state index is 0.132. The van der Waals surface area contributed by atoms with Crippen LogP contribution < -0.4 is 5.73 Å². The maximum absolute atomic E-state index is 6.29. The highest BCUT2D eigenvalue weighted by atomic mass is 32.1. The number of rotatable bonds is 2. The Morgan fingerprint density at radius 2 is 2.18 bits per heavy atom. The van der Waals surface area contributed by atoms with Crippen LogP contribution in [0, 0.1) is 6.92 Å². The van der Waals surface area contributed by atoms with E-state index in [-0.39, 0.29) is 5.54 Å². The van der Waals surface area contributed by atoms with Gasteiger partial charge in [-0.05, 0) is 32.3 Å². The summed E-state index contributed by atoms with van der Waals surface area (Å²) in [6.07, 6.45) is 3.39. The number of aromatic nitrogens is 1. The Bertz CT molecular complexity index is 541. The molecule has 0 saturated heterocycles. The molecule has 0 atom stereocenters. The van der Waals surface area contributed by atoms with Gasteiger partial charge >= 0.3 is 0 Å². The van der Waals surface area contributed by atoms with E-state index in [1.165, 1.54) is 17.5 Å². The molecule has 2 aromatic rings. The van der Waals surface area contributed by atoms with E-state index in [1.54, 1.807) is 11.3 Å². The number of nitrogens with zero attached hydrogens (tertiary/aromatic N) is 1. The summed E-state index contributed by atoms with van der Waals surface area (Å²) in [5, 5.41) is 3.22. The fraction of sp³-hybridized carbons (Fsp3) is 0.357. The monoisotopic (exact) mass is 244 g/mol. The molecule has 1 aromatic heterocycles. The van der Waals surface area contributed by atoms with E-state index >= 15 is 0 Å². The van der Waals surface area contributed by atoms with Crippen LogP contribution >= 0.6 is 11.3 Å². The molecular weight excluding hydrogens is 228 g/mol. The quantitative estimate of drug-likeness (QED) is 0.878. The van der Waals surface area contributed by atoms with E-state index in [1.807, 2.05) is 0 Å². The Balaban J connectivity index is 1.95. The largest absolute Gasteiger partial charge is 0.319 e. The average molecular weight is 244 g/mol. The molecule has 1 aliphatic rings. The highest BCUT2D eigenvalue weighted by molar-refractivity contribution is 7.10. The first-order valence-corrected chi connectivity index (χ1v) is 6.87. The van der Waals surface area contributed by atoms with E-state index in [0.717, 1.165) is 23.5 Å². The number of nitrogens with two attached hydrogens (primary N) is 1. The van der Waals surface area contributed by atoms with Crippen molar-refractivity contribution >= 4 is 11.3 Å². The molecule has 2 N–H and O–H groups in total. The summed E-state index contributed by atoms with van der Waals surface area (Å²) in [6.45, 7) is 2.10. The van der Waals surface area contributed by atoms with Crippen molar-refractivity contribution in [1.82, 2.24) is 4.98 Å². The first-order valence-electron chi connectivity index (χ1n) is 5.99. The molecule has 0 bridgehead atoms. The van der Waals surface area contributed by atoms with Crippen molar-refractivity contribution in [3.63, 3.8) is 0 Å². The van der Waals surface area contributed by atoms with Crippen LogP contribution in [-0.2, 0) is 5.54 Å². The number of hydrogen-bond donors (Lipinski definition) is 1.